The Bertz CT molecular complexity index is 775. The van der Waals surface area contributed by atoms with Crippen LogP contribution in [0.25, 0.3) is 11.3 Å². The fraction of sp³-hybridized carbons (Fsp3) is 0.500. The van der Waals surface area contributed by atoms with Crippen LogP contribution in [0.3, 0.4) is 0 Å². The molecule has 1 aliphatic heterocycles. The second kappa shape index (κ2) is 6.54. The first kappa shape index (κ1) is 16.2. The number of carbonyl (C=O) groups excluding carboxylic acids is 1. The Morgan fingerprint density at radius 2 is 1.96 bits per heavy atom. The minimum atomic E-state index is -0.0325. The highest BCUT2D eigenvalue weighted by atomic mass is 16.5. The van der Waals surface area contributed by atoms with Gasteiger partial charge in [0.25, 0.3) is 5.91 Å². The minimum absolute atomic E-state index is 0.0325. The molecule has 0 unspecified atom stereocenters. The normalized spacial score (nSPS) is 16.9. The molecule has 1 saturated carbocycles. The lowest BCUT2D eigenvalue weighted by molar-refractivity contribution is 0.0542. The van der Waals surface area contributed by atoms with Crippen molar-refractivity contribution in [1.82, 2.24) is 10.1 Å². The van der Waals surface area contributed by atoms with Crippen molar-refractivity contribution in [1.29, 1.82) is 0 Å². The molecular weight excluding hydrogens is 316 g/mol. The summed E-state index contributed by atoms with van der Waals surface area (Å²) < 4.78 is 11.4. The zero-order valence-electron chi connectivity index (χ0n) is 14.8. The van der Waals surface area contributed by atoms with Crippen LogP contribution in [0.1, 0.15) is 62.0 Å². The van der Waals surface area contributed by atoms with E-state index >= 15 is 0 Å². The van der Waals surface area contributed by atoms with Gasteiger partial charge in [0, 0.05) is 12.1 Å². The van der Waals surface area contributed by atoms with E-state index in [9.17, 15) is 4.79 Å². The zero-order chi connectivity index (χ0) is 17.4. The number of rotatable bonds is 3. The molecule has 1 aromatic heterocycles. The van der Waals surface area contributed by atoms with Crippen molar-refractivity contribution in [2.24, 2.45) is 0 Å². The van der Waals surface area contributed by atoms with Crippen LogP contribution in [0.2, 0.25) is 0 Å². The fourth-order valence-electron chi connectivity index (χ4n) is 4.06. The Balaban J connectivity index is 1.68. The van der Waals surface area contributed by atoms with Crippen LogP contribution < -0.4 is 4.74 Å². The molecule has 1 amide bonds. The number of hydrogen-bond acceptors (Lipinski definition) is 4. The van der Waals surface area contributed by atoms with Gasteiger partial charge < -0.3 is 14.2 Å². The Hall–Kier alpha value is -2.30. The lowest BCUT2D eigenvalue weighted by atomic mass is 9.92. The van der Waals surface area contributed by atoms with Gasteiger partial charge in [-0.3, -0.25) is 4.79 Å². The molecule has 132 valence electrons. The van der Waals surface area contributed by atoms with Crippen molar-refractivity contribution in [3.05, 3.63) is 35.5 Å². The van der Waals surface area contributed by atoms with E-state index in [4.69, 9.17) is 9.26 Å². The van der Waals surface area contributed by atoms with Crippen molar-refractivity contribution in [2.45, 2.75) is 64.6 Å². The van der Waals surface area contributed by atoms with Gasteiger partial charge in [-0.15, -0.1) is 0 Å². The van der Waals surface area contributed by atoms with Crippen LogP contribution in [0.4, 0.5) is 0 Å². The highest BCUT2D eigenvalue weighted by molar-refractivity contribution is 5.96. The maximum Gasteiger partial charge on any atom is 0.276 e. The van der Waals surface area contributed by atoms with E-state index in [0.717, 1.165) is 29.7 Å². The average Bonchev–Trinajstić information content (AvgIpc) is 3.07. The van der Waals surface area contributed by atoms with Gasteiger partial charge in [0.05, 0.1) is 11.1 Å². The van der Waals surface area contributed by atoms with Crippen molar-refractivity contribution in [3.8, 4) is 17.1 Å². The molecule has 1 aliphatic carbocycles. The summed E-state index contributed by atoms with van der Waals surface area (Å²) in [6.45, 7) is 4.48. The molecule has 0 saturated heterocycles. The van der Waals surface area contributed by atoms with Gasteiger partial charge >= 0.3 is 0 Å². The monoisotopic (exact) mass is 340 g/mol. The molecule has 25 heavy (non-hydrogen) atoms. The molecule has 2 aliphatic rings. The number of nitrogens with zero attached hydrogens (tertiary/aromatic N) is 2. The first-order chi connectivity index (χ1) is 12.2. The third-order valence-electron chi connectivity index (χ3n) is 5.25. The first-order valence-corrected chi connectivity index (χ1v) is 9.20. The van der Waals surface area contributed by atoms with Crippen molar-refractivity contribution >= 4 is 5.91 Å². The molecular formula is C20H24N2O3. The summed E-state index contributed by atoms with van der Waals surface area (Å²) in [4.78, 5) is 15.3. The number of ether oxygens (including phenoxy) is 1. The van der Waals surface area contributed by atoms with Gasteiger partial charge in [-0.2, -0.15) is 0 Å². The van der Waals surface area contributed by atoms with Crippen molar-refractivity contribution < 1.29 is 14.1 Å². The molecule has 0 bridgehead atoms. The summed E-state index contributed by atoms with van der Waals surface area (Å²) in [6.07, 6.45) is 5.79. The molecule has 1 fully saturated rings. The summed E-state index contributed by atoms with van der Waals surface area (Å²) in [5, 5.41) is 4.15. The standard InChI is InChI=1S/C20H24N2O3/c1-13(2)22(14-8-4-3-5-9-14)20(23)18-16-12-24-17-11-7-6-10-15(17)19(16)25-21-18/h6-7,10-11,13-14H,3-5,8-9,12H2,1-2H3. The van der Waals surface area contributed by atoms with Crippen molar-refractivity contribution in [3.63, 3.8) is 0 Å². The molecule has 1 aromatic carbocycles. The highest BCUT2D eigenvalue weighted by Crippen LogP contribution is 2.39. The average molecular weight is 340 g/mol. The van der Waals surface area contributed by atoms with E-state index < -0.39 is 0 Å². The summed E-state index contributed by atoms with van der Waals surface area (Å²) >= 11 is 0. The van der Waals surface area contributed by atoms with Gasteiger partial charge in [0.1, 0.15) is 12.4 Å². The molecule has 0 atom stereocenters. The maximum absolute atomic E-state index is 13.3. The van der Waals surface area contributed by atoms with Gasteiger partial charge in [-0.25, -0.2) is 0 Å². The molecule has 5 heteroatoms. The van der Waals surface area contributed by atoms with Gasteiger partial charge in [-0.05, 0) is 38.8 Å². The van der Waals surface area contributed by atoms with E-state index in [1.54, 1.807) is 0 Å². The van der Waals surface area contributed by atoms with Crippen LogP contribution in [-0.2, 0) is 6.61 Å². The Labute approximate surface area is 147 Å². The third-order valence-corrected chi connectivity index (χ3v) is 5.25. The number of hydrogen-bond donors (Lipinski definition) is 0. The second-order valence-corrected chi connectivity index (χ2v) is 7.22. The number of fused-ring (bicyclic) bond motifs is 3. The van der Waals surface area contributed by atoms with E-state index in [-0.39, 0.29) is 11.9 Å². The predicted octanol–water partition coefficient (Wildman–Crippen LogP) is 4.42. The number of carbonyl (C=O) groups is 1. The Morgan fingerprint density at radius 3 is 2.72 bits per heavy atom. The van der Waals surface area contributed by atoms with Crippen LogP contribution >= 0.6 is 0 Å². The summed E-state index contributed by atoms with van der Waals surface area (Å²) in [5.74, 6) is 1.41. The summed E-state index contributed by atoms with van der Waals surface area (Å²) in [5.41, 5.74) is 2.04. The lowest BCUT2D eigenvalue weighted by Gasteiger charge is -2.37. The highest BCUT2D eigenvalue weighted by Gasteiger charge is 2.34. The zero-order valence-corrected chi connectivity index (χ0v) is 14.8. The quantitative estimate of drug-likeness (QED) is 0.830. The molecule has 0 N–H and O–H groups in total. The molecule has 4 rings (SSSR count). The summed E-state index contributed by atoms with van der Waals surface area (Å²) in [6, 6.07) is 8.14. The van der Waals surface area contributed by atoms with E-state index in [2.05, 4.69) is 19.0 Å². The van der Waals surface area contributed by atoms with Gasteiger partial charge in [0.15, 0.2) is 11.5 Å². The van der Waals surface area contributed by atoms with Crippen LogP contribution in [0.5, 0.6) is 5.75 Å². The minimum Gasteiger partial charge on any atom is -0.488 e. The first-order valence-electron chi connectivity index (χ1n) is 9.20. The number of para-hydroxylation sites is 1. The third kappa shape index (κ3) is 2.81. The molecule has 0 spiro atoms. The molecule has 0 radical (unpaired) electrons. The molecule has 2 aromatic rings. The maximum atomic E-state index is 13.3. The number of amides is 1. The van der Waals surface area contributed by atoms with E-state index in [1.165, 1.54) is 19.3 Å². The molecule has 5 nitrogen and oxygen atoms in total. The number of aromatic nitrogens is 1. The fourth-order valence-corrected chi connectivity index (χ4v) is 4.06. The number of benzene rings is 1. The van der Waals surface area contributed by atoms with Crippen LogP contribution in [0, 0.1) is 0 Å². The summed E-state index contributed by atoms with van der Waals surface area (Å²) in [7, 11) is 0. The van der Waals surface area contributed by atoms with Gasteiger partial charge in [-0.1, -0.05) is 36.6 Å². The van der Waals surface area contributed by atoms with E-state index in [1.807, 2.05) is 29.2 Å². The molecule has 2 heterocycles. The van der Waals surface area contributed by atoms with Crippen LogP contribution in [-0.4, -0.2) is 28.0 Å². The van der Waals surface area contributed by atoms with Gasteiger partial charge in [0.2, 0.25) is 0 Å². The lowest BCUT2D eigenvalue weighted by Crippen LogP contribution is -2.46. The smallest absolute Gasteiger partial charge is 0.276 e. The predicted molar refractivity (Wildman–Crippen MR) is 94.4 cm³/mol. The van der Waals surface area contributed by atoms with Crippen molar-refractivity contribution in [2.75, 3.05) is 0 Å². The van der Waals surface area contributed by atoms with E-state index in [0.29, 0.717) is 24.1 Å². The largest absolute Gasteiger partial charge is 0.488 e. The Morgan fingerprint density at radius 1 is 1.20 bits per heavy atom. The topological polar surface area (TPSA) is 55.6 Å². The SMILES string of the molecule is CC(C)N(C(=O)c1noc2c1COc1ccccc1-2)C1CCCCC1. The Kier molecular flexibility index (Phi) is 4.24. The van der Waals surface area contributed by atoms with Crippen LogP contribution in [0.15, 0.2) is 28.8 Å². The second-order valence-electron chi connectivity index (χ2n) is 7.22.